The van der Waals surface area contributed by atoms with E-state index in [0.29, 0.717) is 31.4 Å². The molecular weight excluding hydrogens is 508 g/mol. The molecule has 0 spiro atoms. The van der Waals surface area contributed by atoms with Gasteiger partial charge in [0.15, 0.2) is 4.80 Å². The summed E-state index contributed by atoms with van der Waals surface area (Å²) >= 11 is 7.57. The van der Waals surface area contributed by atoms with Gasteiger partial charge in [0.1, 0.15) is 5.75 Å². The molecule has 0 saturated carbocycles. The lowest BCUT2D eigenvalue weighted by atomic mass is 9.93. The lowest BCUT2D eigenvalue weighted by Crippen LogP contribution is -2.39. The molecule has 37 heavy (non-hydrogen) atoms. The van der Waals surface area contributed by atoms with Crippen molar-refractivity contribution in [3.8, 4) is 5.75 Å². The number of rotatable bonds is 6. The zero-order chi connectivity index (χ0) is 25.9. The molecule has 1 atom stereocenters. The molecular formula is C29H23ClN2O4S. The van der Waals surface area contributed by atoms with E-state index in [4.69, 9.17) is 26.1 Å². The first-order chi connectivity index (χ1) is 18.0. The summed E-state index contributed by atoms with van der Waals surface area (Å²) in [6, 6.07) is 23.6. The fourth-order valence-corrected chi connectivity index (χ4v) is 5.58. The van der Waals surface area contributed by atoms with E-state index in [9.17, 15) is 9.59 Å². The van der Waals surface area contributed by atoms with Crippen molar-refractivity contribution in [2.24, 2.45) is 4.99 Å². The van der Waals surface area contributed by atoms with Gasteiger partial charge < -0.3 is 9.47 Å². The van der Waals surface area contributed by atoms with Crippen LogP contribution < -0.4 is 19.6 Å². The molecule has 8 heteroatoms. The molecule has 1 aliphatic heterocycles. The lowest BCUT2D eigenvalue weighted by Gasteiger charge is -2.25. The average Bonchev–Trinajstić information content (AvgIpc) is 3.23. The third-order valence-corrected chi connectivity index (χ3v) is 7.24. The highest BCUT2D eigenvalue weighted by Gasteiger charge is 2.35. The molecule has 0 saturated heterocycles. The SMILES string of the molecule is CCOC(=O)C1=C(c2ccccc2)N=c2s/c(=C/c3ccc(OC)c(Cl)c3)c(=O)n2[C@@H]1c1ccccc1. The third kappa shape index (κ3) is 4.75. The molecule has 186 valence electrons. The number of esters is 1. The van der Waals surface area contributed by atoms with Gasteiger partial charge in [0, 0.05) is 5.56 Å². The molecule has 0 bridgehead atoms. The van der Waals surface area contributed by atoms with Crippen molar-refractivity contribution in [3.63, 3.8) is 0 Å². The van der Waals surface area contributed by atoms with Crippen molar-refractivity contribution in [1.29, 1.82) is 0 Å². The van der Waals surface area contributed by atoms with Gasteiger partial charge in [0.25, 0.3) is 5.56 Å². The standard InChI is InChI=1S/C29H23ClN2O4S/c1-3-36-28(34)24-25(19-10-6-4-7-11-19)31-29-32(26(24)20-12-8-5-9-13-20)27(33)23(37-29)17-18-14-15-22(35-2)21(30)16-18/h4-17,26H,3H2,1-2H3/b23-17+/t26-/m1/s1. The predicted octanol–water partition coefficient (Wildman–Crippen LogP) is 4.60. The third-order valence-electron chi connectivity index (χ3n) is 5.96. The molecule has 1 aromatic heterocycles. The molecule has 1 aliphatic rings. The molecule has 0 radical (unpaired) electrons. The van der Waals surface area contributed by atoms with Crippen molar-refractivity contribution < 1.29 is 14.3 Å². The van der Waals surface area contributed by atoms with Crippen LogP contribution in [0.15, 0.2) is 94.2 Å². The monoisotopic (exact) mass is 530 g/mol. The van der Waals surface area contributed by atoms with E-state index in [1.807, 2.05) is 66.7 Å². The van der Waals surface area contributed by atoms with Crippen LogP contribution in [-0.4, -0.2) is 24.3 Å². The second-order valence-corrected chi connectivity index (χ2v) is 9.65. The van der Waals surface area contributed by atoms with Gasteiger partial charge in [-0.05, 0) is 36.3 Å². The summed E-state index contributed by atoms with van der Waals surface area (Å²) in [5, 5.41) is 0.446. The quantitative estimate of drug-likeness (QED) is 0.342. The Morgan fingerprint density at radius 3 is 2.43 bits per heavy atom. The van der Waals surface area contributed by atoms with Crippen LogP contribution in [-0.2, 0) is 9.53 Å². The topological polar surface area (TPSA) is 69.9 Å². The van der Waals surface area contributed by atoms with Crippen LogP contribution in [0.4, 0.5) is 0 Å². The smallest absolute Gasteiger partial charge is 0.338 e. The van der Waals surface area contributed by atoms with E-state index in [2.05, 4.69) is 0 Å². The number of aromatic nitrogens is 1. The normalized spacial score (nSPS) is 15.2. The number of methoxy groups -OCH3 is 1. The molecule has 5 rings (SSSR count). The number of benzene rings is 3. The molecule has 0 unspecified atom stereocenters. The number of fused-ring (bicyclic) bond motifs is 1. The summed E-state index contributed by atoms with van der Waals surface area (Å²) in [6.07, 6.45) is 1.77. The van der Waals surface area contributed by atoms with Crippen LogP contribution in [0.25, 0.3) is 11.8 Å². The maximum absolute atomic E-state index is 13.8. The summed E-state index contributed by atoms with van der Waals surface area (Å²) in [4.78, 5) is 32.6. The minimum absolute atomic E-state index is 0.203. The Bertz CT molecular complexity index is 1670. The molecule has 6 nitrogen and oxygen atoms in total. The maximum Gasteiger partial charge on any atom is 0.338 e. The van der Waals surface area contributed by atoms with Crippen molar-refractivity contribution in [3.05, 3.63) is 126 Å². The second-order valence-electron chi connectivity index (χ2n) is 8.24. The zero-order valence-corrected chi connectivity index (χ0v) is 21.8. The number of carbonyl (C=O) groups is 1. The zero-order valence-electron chi connectivity index (χ0n) is 20.2. The van der Waals surface area contributed by atoms with Gasteiger partial charge in [-0.3, -0.25) is 9.36 Å². The minimum Gasteiger partial charge on any atom is -0.495 e. The van der Waals surface area contributed by atoms with Crippen LogP contribution >= 0.6 is 22.9 Å². The fraction of sp³-hybridized carbons (Fsp3) is 0.138. The number of thiazole rings is 1. The van der Waals surface area contributed by atoms with E-state index in [1.165, 1.54) is 11.3 Å². The largest absolute Gasteiger partial charge is 0.495 e. The summed E-state index contributed by atoms with van der Waals surface area (Å²) < 4.78 is 12.8. The molecule has 0 fully saturated rings. The Morgan fingerprint density at radius 2 is 1.78 bits per heavy atom. The Kier molecular flexibility index (Phi) is 7.08. The van der Waals surface area contributed by atoms with E-state index >= 15 is 0 Å². The van der Waals surface area contributed by atoms with E-state index < -0.39 is 12.0 Å². The number of halogens is 1. The van der Waals surface area contributed by atoms with Crippen LogP contribution in [0.5, 0.6) is 5.75 Å². The average molecular weight is 531 g/mol. The summed E-state index contributed by atoms with van der Waals surface area (Å²) in [5.74, 6) is 0.0473. The van der Waals surface area contributed by atoms with E-state index in [-0.39, 0.29) is 12.2 Å². The van der Waals surface area contributed by atoms with Crippen LogP contribution in [0.3, 0.4) is 0 Å². The number of nitrogens with zero attached hydrogens (tertiary/aromatic N) is 2. The van der Waals surface area contributed by atoms with Gasteiger partial charge >= 0.3 is 5.97 Å². The lowest BCUT2D eigenvalue weighted by molar-refractivity contribution is -0.138. The van der Waals surface area contributed by atoms with Gasteiger partial charge in [-0.15, -0.1) is 0 Å². The van der Waals surface area contributed by atoms with Crippen molar-refractivity contribution in [1.82, 2.24) is 4.57 Å². The Balaban J connectivity index is 1.80. The summed E-state index contributed by atoms with van der Waals surface area (Å²) in [7, 11) is 1.55. The molecule has 2 heterocycles. The first kappa shape index (κ1) is 24.7. The Labute approximate surface area is 222 Å². The van der Waals surface area contributed by atoms with Crippen LogP contribution in [0, 0.1) is 0 Å². The van der Waals surface area contributed by atoms with Gasteiger partial charge in [-0.1, -0.05) is 89.7 Å². The highest BCUT2D eigenvalue weighted by atomic mass is 35.5. The van der Waals surface area contributed by atoms with Gasteiger partial charge in [0.2, 0.25) is 0 Å². The molecule has 3 aromatic carbocycles. The Hall–Kier alpha value is -3.94. The molecule has 0 aliphatic carbocycles. The van der Waals surface area contributed by atoms with Crippen molar-refractivity contribution in [2.75, 3.05) is 13.7 Å². The Morgan fingerprint density at radius 1 is 1.08 bits per heavy atom. The second kappa shape index (κ2) is 10.6. The van der Waals surface area contributed by atoms with Crippen molar-refractivity contribution in [2.45, 2.75) is 13.0 Å². The maximum atomic E-state index is 13.8. The number of hydrogen-bond acceptors (Lipinski definition) is 6. The first-order valence-electron chi connectivity index (χ1n) is 11.7. The van der Waals surface area contributed by atoms with E-state index in [1.54, 1.807) is 36.8 Å². The summed E-state index contributed by atoms with van der Waals surface area (Å²) in [5.41, 5.74) is 2.87. The number of hydrogen-bond donors (Lipinski definition) is 0. The highest BCUT2D eigenvalue weighted by molar-refractivity contribution is 7.07. The molecule has 4 aromatic rings. The molecule has 0 amide bonds. The predicted molar refractivity (Wildman–Crippen MR) is 146 cm³/mol. The number of carbonyl (C=O) groups excluding carboxylic acids is 1. The van der Waals surface area contributed by atoms with E-state index in [0.717, 1.165) is 16.7 Å². The fourth-order valence-electron chi connectivity index (χ4n) is 4.31. The van der Waals surface area contributed by atoms with Gasteiger partial charge in [0.05, 0.1) is 40.6 Å². The number of ether oxygens (including phenoxy) is 2. The summed E-state index contributed by atoms with van der Waals surface area (Å²) in [6.45, 7) is 1.96. The van der Waals surface area contributed by atoms with Gasteiger partial charge in [-0.2, -0.15) is 0 Å². The highest BCUT2D eigenvalue weighted by Crippen LogP contribution is 2.35. The first-order valence-corrected chi connectivity index (χ1v) is 12.9. The van der Waals surface area contributed by atoms with Crippen LogP contribution in [0.1, 0.15) is 29.7 Å². The van der Waals surface area contributed by atoms with Crippen LogP contribution in [0.2, 0.25) is 5.02 Å². The van der Waals surface area contributed by atoms with Gasteiger partial charge in [-0.25, -0.2) is 9.79 Å². The minimum atomic E-state index is -0.701. The molecule has 0 N–H and O–H groups in total. The van der Waals surface area contributed by atoms with Crippen molar-refractivity contribution >= 4 is 40.7 Å².